The van der Waals surface area contributed by atoms with E-state index in [1.807, 2.05) is 4.90 Å². The van der Waals surface area contributed by atoms with Crippen molar-refractivity contribution in [2.45, 2.75) is 6.92 Å². The Morgan fingerprint density at radius 1 is 1.14 bits per heavy atom. The van der Waals surface area contributed by atoms with E-state index in [1.54, 1.807) is 30.7 Å². The maximum Gasteiger partial charge on any atom is 0.164 e. The van der Waals surface area contributed by atoms with Crippen LogP contribution in [0.4, 0.5) is 15.9 Å². The van der Waals surface area contributed by atoms with E-state index in [9.17, 15) is 9.18 Å². The van der Waals surface area contributed by atoms with Crippen LogP contribution in [0, 0.1) is 5.82 Å². The third-order valence-corrected chi connectivity index (χ3v) is 3.84. The van der Waals surface area contributed by atoms with Gasteiger partial charge in [0.05, 0.1) is 17.4 Å². The number of Topliss-reactive ketones (excluding diaryl/α,β-unsaturated/α-hetero) is 1. The molecule has 6 heteroatoms. The number of ketones is 1. The van der Waals surface area contributed by atoms with E-state index in [4.69, 9.17) is 0 Å². The smallest absolute Gasteiger partial charge is 0.164 e. The number of nitrogens with zero attached hydrogens (tertiary/aromatic N) is 4. The molecule has 0 saturated carbocycles. The first-order chi connectivity index (χ1) is 10.7. The average Bonchev–Trinajstić information content (AvgIpc) is 2.55. The summed E-state index contributed by atoms with van der Waals surface area (Å²) in [6.07, 6.45) is 5.05. The number of hydrogen-bond donors (Lipinski definition) is 0. The summed E-state index contributed by atoms with van der Waals surface area (Å²) in [6, 6.07) is 4.78. The van der Waals surface area contributed by atoms with Crippen molar-refractivity contribution in [2.24, 2.45) is 0 Å². The summed E-state index contributed by atoms with van der Waals surface area (Å²) in [7, 11) is 0. The SMILES string of the molecule is CC(=O)c1c(F)cccc1N1CCN(c2cnccn2)CC1. The molecule has 0 bridgehead atoms. The third kappa shape index (κ3) is 2.77. The molecule has 0 radical (unpaired) electrons. The lowest BCUT2D eigenvalue weighted by atomic mass is 10.1. The first-order valence-corrected chi connectivity index (χ1v) is 7.22. The van der Waals surface area contributed by atoms with E-state index >= 15 is 0 Å². The van der Waals surface area contributed by atoms with Crippen LogP contribution in [0.5, 0.6) is 0 Å². The van der Waals surface area contributed by atoms with Gasteiger partial charge in [0.2, 0.25) is 0 Å². The van der Waals surface area contributed by atoms with Crippen molar-refractivity contribution < 1.29 is 9.18 Å². The summed E-state index contributed by atoms with van der Waals surface area (Å²) in [5.41, 5.74) is 0.849. The second-order valence-electron chi connectivity index (χ2n) is 5.23. The van der Waals surface area contributed by atoms with Crippen molar-refractivity contribution in [1.29, 1.82) is 0 Å². The minimum atomic E-state index is -0.457. The molecule has 1 aliphatic rings. The molecular formula is C16H17FN4O. The number of carbonyl (C=O) groups excluding carboxylic acids is 1. The highest BCUT2D eigenvalue weighted by Crippen LogP contribution is 2.25. The molecule has 5 nitrogen and oxygen atoms in total. The molecule has 0 amide bonds. The number of aromatic nitrogens is 2. The monoisotopic (exact) mass is 300 g/mol. The van der Waals surface area contributed by atoms with Crippen LogP contribution in [0.25, 0.3) is 0 Å². The number of halogens is 1. The lowest BCUT2D eigenvalue weighted by Gasteiger charge is -2.37. The van der Waals surface area contributed by atoms with E-state index in [-0.39, 0.29) is 11.3 Å². The highest BCUT2D eigenvalue weighted by molar-refractivity contribution is 6.00. The fraction of sp³-hybridized carbons (Fsp3) is 0.312. The number of benzene rings is 1. The van der Waals surface area contributed by atoms with Crippen LogP contribution in [0.1, 0.15) is 17.3 Å². The number of hydrogen-bond acceptors (Lipinski definition) is 5. The van der Waals surface area contributed by atoms with Crippen LogP contribution < -0.4 is 9.80 Å². The van der Waals surface area contributed by atoms with E-state index in [0.717, 1.165) is 18.9 Å². The largest absolute Gasteiger partial charge is 0.367 e. The molecule has 0 unspecified atom stereocenters. The molecular weight excluding hydrogens is 283 g/mol. The first-order valence-electron chi connectivity index (χ1n) is 7.22. The van der Waals surface area contributed by atoms with Crippen molar-refractivity contribution >= 4 is 17.3 Å². The van der Waals surface area contributed by atoms with Crippen LogP contribution in [-0.4, -0.2) is 41.9 Å². The molecule has 3 rings (SSSR count). The van der Waals surface area contributed by atoms with E-state index in [2.05, 4.69) is 14.9 Å². The molecule has 1 fully saturated rings. The Morgan fingerprint density at radius 2 is 1.86 bits per heavy atom. The molecule has 1 aromatic carbocycles. The number of anilines is 2. The van der Waals surface area contributed by atoms with Gasteiger partial charge < -0.3 is 9.80 Å². The van der Waals surface area contributed by atoms with Gasteiger partial charge in [0, 0.05) is 38.6 Å². The fourth-order valence-electron chi connectivity index (χ4n) is 2.76. The van der Waals surface area contributed by atoms with Gasteiger partial charge in [-0.3, -0.25) is 9.78 Å². The van der Waals surface area contributed by atoms with E-state index in [1.165, 1.54) is 13.0 Å². The average molecular weight is 300 g/mol. The summed E-state index contributed by atoms with van der Waals surface area (Å²) in [4.78, 5) is 24.3. The van der Waals surface area contributed by atoms with Crippen LogP contribution in [0.15, 0.2) is 36.8 Å². The molecule has 2 aromatic rings. The number of carbonyl (C=O) groups is 1. The van der Waals surface area contributed by atoms with Crippen molar-refractivity contribution in [3.8, 4) is 0 Å². The summed E-state index contributed by atoms with van der Waals surface area (Å²) in [6.45, 7) is 4.33. The van der Waals surface area contributed by atoms with Gasteiger partial charge in [-0.25, -0.2) is 9.37 Å². The third-order valence-electron chi connectivity index (χ3n) is 3.84. The van der Waals surface area contributed by atoms with Crippen molar-refractivity contribution in [1.82, 2.24) is 9.97 Å². The van der Waals surface area contributed by atoms with Gasteiger partial charge in [-0.2, -0.15) is 0 Å². The Morgan fingerprint density at radius 3 is 2.50 bits per heavy atom. The minimum absolute atomic E-state index is 0.176. The molecule has 1 aromatic heterocycles. The second kappa shape index (κ2) is 6.09. The lowest BCUT2D eigenvalue weighted by Crippen LogP contribution is -2.47. The van der Waals surface area contributed by atoms with Crippen LogP contribution >= 0.6 is 0 Å². The topological polar surface area (TPSA) is 49.3 Å². The molecule has 0 atom stereocenters. The zero-order valence-electron chi connectivity index (χ0n) is 12.4. The maximum absolute atomic E-state index is 13.9. The van der Waals surface area contributed by atoms with Crippen LogP contribution in [-0.2, 0) is 0 Å². The quantitative estimate of drug-likeness (QED) is 0.813. The van der Waals surface area contributed by atoms with Crippen LogP contribution in [0.2, 0.25) is 0 Å². The maximum atomic E-state index is 13.9. The standard InChI is InChI=1S/C16H17FN4O/c1-12(22)16-13(17)3-2-4-14(16)20-7-9-21(10-8-20)15-11-18-5-6-19-15/h2-6,11H,7-10H2,1H3. The highest BCUT2D eigenvalue weighted by Gasteiger charge is 2.23. The summed E-state index contributed by atoms with van der Waals surface area (Å²) < 4.78 is 13.9. The van der Waals surface area contributed by atoms with Gasteiger partial charge in [0.25, 0.3) is 0 Å². The summed E-state index contributed by atoms with van der Waals surface area (Å²) >= 11 is 0. The van der Waals surface area contributed by atoms with Gasteiger partial charge in [-0.05, 0) is 19.1 Å². The number of rotatable bonds is 3. The molecule has 0 N–H and O–H groups in total. The van der Waals surface area contributed by atoms with E-state index < -0.39 is 5.82 Å². The predicted molar refractivity (Wildman–Crippen MR) is 82.9 cm³/mol. The van der Waals surface area contributed by atoms with Crippen LogP contribution in [0.3, 0.4) is 0 Å². The number of piperazine rings is 1. The molecule has 22 heavy (non-hydrogen) atoms. The Labute approximate surface area is 128 Å². The predicted octanol–water partition coefficient (Wildman–Crippen LogP) is 2.14. The van der Waals surface area contributed by atoms with Crippen molar-refractivity contribution in [3.05, 3.63) is 48.2 Å². The zero-order valence-corrected chi connectivity index (χ0v) is 12.4. The van der Waals surface area contributed by atoms with Gasteiger partial charge >= 0.3 is 0 Å². The first kappa shape index (κ1) is 14.4. The van der Waals surface area contributed by atoms with Gasteiger partial charge in [-0.15, -0.1) is 0 Å². The van der Waals surface area contributed by atoms with Gasteiger partial charge in [0.1, 0.15) is 11.6 Å². The summed E-state index contributed by atoms with van der Waals surface area (Å²) in [5.74, 6) is 0.138. The molecule has 0 spiro atoms. The zero-order chi connectivity index (χ0) is 15.5. The molecule has 1 saturated heterocycles. The van der Waals surface area contributed by atoms with Gasteiger partial charge in [0.15, 0.2) is 5.78 Å². The Bertz CT molecular complexity index is 669. The molecule has 114 valence electrons. The second-order valence-corrected chi connectivity index (χ2v) is 5.23. The Balaban J connectivity index is 1.77. The highest BCUT2D eigenvalue weighted by atomic mass is 19.1. The van der Waals surface area contributed by atoms with Gasteiger partial charge in [-0.1, -0.05) is 6.07 Å². The lowest BCUT2D eigenvalue weighted by molar-refractivity contribution is 0.101. The Kier molecular flexibility index (Phi) is 4.00. The Hall–Kier alpha value is -2.50. The van der Waals surface area contributed by atoms with Crippen molar-refractivity contribution in [2.75, 3.05) is 36.0 Å². The minimum Gasteiger partial charge on any atom is -0.367 e. The molecule has 1 aliphatic heterocycles. The summed E-state index contributed by atoms with van der Waals surface area (Å²) in [5, 5.41) is 0. The fourth-order valence-corrected chi connectivity index (χ4v) is 2.76. The molecule has 2 heterocycles. The normalized spacial score (nSPS) is 15.0. The molecule has 0 aliphatic carbocycles. The van der Waals surface area contributed by atoms with Crippen molar-refractivity contribution in [3.63, 3.8) is 0 Å². The van der Waals surface area contributed by atoms with E-state index in [0.29, 0.717) is 18.8 Å².